The summed E-state index contributed by atoms with van der Waals surface area (Å²) in [5.41, 5.74) is 1.61. The van der Waals surface area contributed by atoms with Crippen molar-refractivity contribution in [3.63, 3.8) is 0 Å². The van der Waals surface area contributed by atoms with Gasteiger partial charge in [-0.3, -0.25) is 9.59 Å². The third kappa shape index (κ3) is 4.84. The van der Waals surface area contributed by atoms with E-state index in [1.54, 1.807) is 24.3 Å². The van der Waals surface area contributed by atoms with Crippen LogP contribution in [0.5, 0.6) is 11.5 Å². The summed E-state index contributed by atoms with van der Waals surface area (Å²) < 4.78 is 20.0. The Morgan fingerprint density at radius 1 is 0.935 bits per heavy atom. The van der Waals surface area contributed by atoms with E-state index in [4.69, 9.17) is 4.74 Å². The van der Waals surface area contributed by atoms with E-state index in [0.717, 1.165) is 16.0 Å². The van der Waals surface area contributed by atoms with Crippen LogP contribution in [0.4, 0.5) is 10.1 Å². The second-order valence-electron chi connectivity index (χ2n) is 6.84. The number of rotatable bonds is 5. The van der Waals surface area contributed by atoms with Crippen LogP contribution in [0.1, 0.15) is 16.1 Å². The molecule has 0 aliphatic carbocycles. The standard InChI is InChI=1S/C24H18FN3O3/c1-16-3-2-4-21(15-16)31-20-11-7-18(8-12-20)26-24(30)22-13-14-23(29)28(27-22)19-9-5-17(25)6-10-19/h2-15H,1H3,(H,26,30). The summed E-state index contributed by atoms with van der Waals surface area (Å²) in [5, 5.41) is 6.83. The Kier molecular flexibility index (Phi) is 5.57. The van der Waals surface area contributed by atoms with Gasteiger partial charge in [0.1, 0.15) is 23.0 Å². The van der Waals surface area contributed by atoms with Crippen LogP contribution >= 0.6 is 0 Å². The second kappa shape index (κ2) is 8.62. The summed E-state index contributed by atoms with van der Waals surface area (Å²) in [6.45, 7) is 1.98. The highest BCUT2D eigenvalue weighted by atomic mass is 19.1. The average molecular weight is 415 g/mol. The number of hydrogen-bond acceptors (Lipinski definition) is 4. The number of anilines is 1. The number of benzene rings is 3. The molecule has 3 aromatic carbocycles. The second-order valence-corrected chi connectivity index (χ2v) is 6.84. The molecular formula is C24H18FN3O3. The lowest BCUT2D eigenvalue weighted by Crippen LogP contribution is -2.24. The summed E-state index contributed by atoms with van der Waals surface area (Å²) >= 11 is 0. The van der Waals surface area contributed by atoms with Gasteiger partial charge in [-0.1, -0.05) is 12.1 Å². The molecule has 0 atom stereocenters. The number of amides is 1. The van der Waals surface area contributed by atoms with Gasteiger partial charge in [0.15, 0.2) is 0 Å². The molecule has 0 spiro atoms. The minimum atomic E-state index is -0.483. The SMILES string of the molecule is Cc1cccc(Oc2ccc(NC(=O)c3ccc(=O)n(-c4ccc(F)cc4)n3)cc2)c1. The molecular weight excluding hydrogens is 397 g/mol. The Balaban J connectivity index is 1.48. The summed E-state index contributed by atoms with van der Waals surface area (Å²) in [5.74, 6) is 0.444. The Bertz CT molecular complexity index is 1280. The predicted molar refractivity (Wildman–Crippen MR) is 115 cm³/mol. The maximum atomic E-state index is 13.1. The van der Waals surface area contributed by atoms with E-state index in [0.29, 0.717) is 17.1 Å². The van der Waals surface area contributed by atoms with Gasteiger partial charge in [0, 0.05) is 11.8 Å². The molecule has 1 heterocycles. The predicted octanol–water partition coefficient (Wildman–Crippen LogP) is 4.72. The number of nitrogens with zero attached hydrogens (tertiary/aromatic N) is 2. The molecule has 0 aliphatic heterocycles. The molecule has 0 aliphatic rings. The van der Waals surface area contributed by atoms with Crippen molar-refractivity contribution in [1.29, 1.82) is 0 Å². The molecule has 0 unspecified atom stereocenters. The molecule has 1 N–H and O–H groups in total. The molecule has 4 rings (SSSR count). The fourth-order valence-corrected chi connectivity index (χ4v) is 2.92. The Hall–Kier alpha value is -4.26. The van der Waals surface area contributed by atoms with Crippen LogP contribution < -0.4 is 15.6 Å². The van der Waals surface area contributed by atoms with E-state index < -0.39 is 17.3 Å². The lowest BCUT2D eigenvalue weighted by molar-refractivity contribution is 0.102. The van der Waals surface area contributed by atoms with Crippen LogP contribution in [-0.4, -0.2) is 15.7 Å². The van der Waals surface area contributed by atoms with Crippen LogP contribution in [-0.2, 0) is 0 Å². The van der Waals surface area contributed by atoms with Gasteiger partial charge < -0.3 is 10.1 Å². The maximum Gasteiger partial charge on any atom is 0.276 e. The third-order valence-electron chi connectivity index (χ3n) is 4.44. The number of halogens is 1. The number of nitrogens with one attached hydrogen (secondary N) is 1. The fourth-order valence-electron chi connectivity index (χ4n) is 2.92. The first-order valence-corrected chi connectivity index (χ1v) is 9.50. The first-order valence-electron chi connectivity index (χ1n) is 9.50. The van der Waals surface area contributed by atoms with Gasteiger partial charge in [0.25, 0.3) is 11.5 Å². The molecule has 0 saturated carbocycles. The number of aromatic nitrogens is 2. The van der Waals surface area contributed by atoms with Gasteiger partial charge in [-0.15, -0.1) is 0 Å². The highest BCUT2D eigenvalue weighted by molar-refractivity contribution is 6.02. The molecule has 0 radical (unpaired) electrons. The van der Waals surface area contributed by atoms with E-state index in [9.17, 15) is 14.0 Å². The first-order chi connectivity index (χ1) is 15.0. The van der Waals surface area contributed by atoms with E-state index in [1.165, 1.54) is 36.4 Å². The highest BCUT2D eigenvalue weighted by Gasteiger charge is 2.11. The van der Waals surface area contributed by atoms with Gasteiger partial charge in [0.05, 0.1) is 5.69 Å². The lowest BCUT2D eigenvalue weighted by atomic mass is 10.2. The zero-order valence-electron chi connectivity index (χ0n) is 16.6. The number of carbonyl (C=O) groups excluding carboxylic acids is 1. The van der Waals surface area contributed by atoms with Crippen molar-refractivity contribution in [3.8, 4) is 17.2 Å². The molecule has 0 fully saturated rings. The van der Waals surface area contributed by atoms with E-state index in [1.807, 2.05) is 31.2 Å². The Morgan fingerprint density at radius 3 is 2.39 bits per heavy atom. The molecule has 4 aromatic rings. The zero-order valence-corrected chi connectivity index (χ0v) is 16.6. The smallest absolute Gasteiger partial charge is 0.276 e. The lowest BCUT2D eigenvalue weighted by Gasteiger charge is -2.09. The Morgan fingerprint density at radius 2 is 1.68 bits per heavy atom. The number of aryl methyl sites for hydroxylation is 1. The topological polar surface area (TPSA) is 73.2 Å². The van der Waals surface area contributed by atoms with E-state index >= 15 is 0 Å². The van der Waals surface area contributed by atoms with Gasteiger partial charge >= 0.3 is 0 Å². The highest BCUT2D eigenvalue weighted by Crippen LogP contribution is 2.23. The van der Waals surface area contributed by atoms with Crippen molar-refractivity contribution in [2.24, 2.45) is 0 Å². The van der Waals surface area contributed by atoms with E-state index in [2.05, 4.69) is 10.4 Å². The molecule has 154 valence electrons. The zero-order chi connectivity index (χ0) is 21.8. The molecule has 7 heteroatoms. The number of ether oxygens (including phenoxy) is 1. The van der Waals surface area contributed by atoms with Gasteiger partial charge in [-0.2, -0.15) is 9.78 Å². The van der Waals surface area contributed by atoms with Crippen molar-refractivity contribution in [2.45, 2.75) is 6.92 Å². The molecule has 1 amide bonds. The van der Waals surface area contributed by atoms with Crippen molar-refractivity contribution < 1.29 is 13.9 Å². The van der Waals surface area contributed by atoms with Crippen LogP contribution in [0.25, 0.3) is 5.69 Å². The quantitative estimate of drug-likeness (QED) is 0.512. The molecule has 1 aromatic heterocycles. The molecule has 0 saturated heterocycles. The summed E-state index contributed by atoms with van der Waals surface area (Å²) in [4.78, 5) is 24.7. The molecule has 6 nitrogen and oxygen atoms in total. The maximum absolute atomic E-state index is 13.1. The minimum absolute atomic E-state index is 0.0454. The minimum Gasteiger partial charge on any atom is -0.457 e. The van der Waals surface area contributed by atoms with Crippen molar-refractivity contribution in [3.05, 3.63) is 112 Å². The van der Waals surface area contributed by atoms with Crippen LogP contribution in [0.15, 0.2) is 89.7 Å². The summed E-state index contributed by atoms with van der Waals surface area (Å²) in [6.07, 6.45) is 0. The molecule has 0 bridgehead atoms. The van der Waals surface area contributed by atoms with Crippen molar-refractivity contribution in [2.75, 3.05) is 5.32 Å². The third-order valence-corrected chi connectivity index (χ3v) is 4.44. The Labute approximate surface area is 177 Å². The van der Waals surface area contributed by atoms with Crippen LogP contribution in [0, 0.1) is 12.7 Å². The monoisotopic (exact) mass is 415 g/mol. The normalized spacial score (nSPS) is 10.5. The van der Waals surface area contributed by atoms with Crippen LogP contribution in [0.2, 0.25) is 0 Å². The summed E-state index contributed by atoms with van der Waals surface area (Å²) in [6, 6.07) is 22.4. The largest absolute Gasteiger partial charge is 0.457 e. The van der Waals surface area contributed by atoms with Crippen molar-refractivity contribution >= 4 is 11.6 Å². The van der Waals surface area contributed by atoms with Gasteiger partial charge in [-0.05, 0) is 79.2 Å². The van der Waals surface area contributed by atoms with Crippen LogP contribution in [0.3, 0.4) is 0 Å². The van der Waals surface area contributed by atoms with Gasteiger partial charge in [-0.25, -0.2) is 4.39 Å². The fraction of sp³-hybridized carbons (Fsp3) is 0.0417. The number of carbonyl (C=O) groups is 1. The van der Waals surface area contributed by atoms with Gasteiger partial charge in [0.2, 0.25) is 0 Å². The molecule has 31 heavy (non-hydrogen) atoms. The average Bonchev–Trinajstić information content (AvgIpc) is 2.76. The summed E-state index contributed by atoms with van der Waals surface area (Å²) in [7, 11) is 0. The van der Waals surface area contributed by atoms with Crippen molar-refractivity contribution in [1.82, 2.24) is 9.78 Å². The number of hydrogen-bond donors (Lipinski definition) is 1. The van der Waals surface area contributed by atoms with E-state index in [-0.39, 0.29) is 5.69 Å². The first kappa shape index (κ1) is 20.0.